The van der Waals surface area contributed by atoms with Gasteiger partial charge in [0.25, 0.3) is 0 Å². The minimum Gasteiger partial charge on any atom is -0.508 e. The fourth-order valence-corrected chi connectivity index (χ4v) is 2.28. The van der Waals surface area contributed by atoms with Gasteiger partial charge in [0.1, 0.15) is 11.4 Å². The Bertz CT molecular complexity index is 693. The molecule has 1 heterocycles. The minimum absolute atomic E-state index is 0.135. The molecule has 2 aromatic rings. The van der Waals surface area contributed by atoms with Gasteiger partial charge in [-0.1, -0.05) is 12.1 Å². The second kappa shape index (κ2) is 5.92. The summed E-state index contributed by atoms with van der Waals surface area (Å²) in [6.45, 7) is 0. The number of carbonyl (C=O) groups is 1. The van der Waals surface area contributed by atoms with Crippen molar-refractivity contribution < 1.29 is 9.90 Å². The summed E-state index contributed by atoms with van der Waals surface area (Å²) >= 11 is 3.15. The maximum atomic E-state index is 11.9. The van der Waals surface area contributed by atoms with Gasteiger partial charge in [0.2, 0.25) is 11.3 Å². The first-order valence-corrected chi connectivity index (χ1v) is 6.68. The lowest BCUT2D eigenvalue weighted by molar-refractivity contribution is -0.115. The minimum atomic E-state index is -0.286. The van der Waals surface area contributed by atoms with Gasteiger partial charge >= 0.3 is 0 Å². The van der Waals surface area contributed by atoms with E-state index in [9.17, 15) is 14.7 Å². The van der Waals surface area contributed by atoms with Crippen molar-refractivity contribution in [3.8, 4) is 5.75 Å². The third-order valence-electron chi connectivity index (χ3n) is 2.69. The molecule has 1 amide bonds. The summed E-state index contributed by atoms with van der Waals surface area (Å²) in [4.78, 5) is 23.8. The molecule has 0 fully saturated rings. The van der Waals surface area contributed by atoms with Crippen molar-refractivity contribution in [2.24, 2.45) is 7.05 Å². The Morgan fingerprint density at radius 3 is 2.60 bits per heavy atom. The van der Waals surface area contributed by atoms with Gasteiger partial charge in [-0.05, 0) is 33.6 Å². The molecule has 0 radical (unpaired) electrons. The second-order valence-electron chi connectivity index (χ2n) is 4.41. The molecule has 1 aromatic heterocycles. The number of anilines is 1. The molecule has 104 valence electrons. The van der Waals surface area contributed by atoms with E-state index >= 15 is 0 Å². The predicted molar refractivity (Wildman–Crippen MR) is 79.8 cm³/mol. The van der Waals surface area contributed by atoms with E-state index in [1.54, 1.807) is 36.1 Å². The average molecular weight is 337 g/mol. The molecule has 2 rings (SSSR count). The topological polar surface area (TPSA) is 71.3 Å². The summed E-state index contributed by atoms with van der Waals surface area (Å²) in [7, 11) is 1.76. The van der Waals surface area contributed by atoms with E-state index in [1.165, 1.54) is 12.1 Å². The zero-order valence-corrected chi connectivity index (χ0v) is 12.3. The van der Waals surface area contributed by atoms with Crippen LogP contribution >= 0.6 is 15.9 Å². The quantitative estimate of drug-likeness (QED) is 0.900. The number of nitrogens with zero attached hydrogens (tertiary/aromatic N) is 1. The highest BCUT2D eigenvalue weighted by Crippen LogP contribution is 2.11. The molecule has 0 saturated heterocycles. The number of benzene rings is 1. The SMILES string of the molecule is Cn1cc(Br)c(=O)c(NC(=O)Cc2ccc(O)cc2)c1. The summed E-state index contributed by atoms with van der Waals surface area (Å²) in [5, 5.41) is 11.8. The summed E-state index contributed by atoms with van der Waals surface area (Å²) < 4.78 is 2.07. The molecular formula is C14H13BrN2O3. The number of rotatable bonds is 3. The predicted octanol–water partition coefficient (Wildman–Crippen LogP) is 2.03. The van der Waals surface area contributed by atoms with Crippen molar-refractivity contribution in [2.45, 2.75) is 6.42 Å². The normalized spacial score (nSPS) is 10.3. The number of aromatic nitrogens is 1. The Morgan fingerprint density at radius 2 is 1.95 bits per heavy atom. The molecule has 0 bridgehead atoms. The first kappa shape index (κ1) is 14.3. The van der Waals surface area contributed by atoms with Crippen molar-refractivity contribution in [1.29, 1.82) is 0 Å². The number of nitrogens with one attached hydrogen (secondary N) is 1. The van der Waals surface area contributed by atoms with E-state index in [2.05, 4.69) is 21.2 Å². The highest BCUT2D eigenvalue weighted by molar-refractivity contribution is 9.10. The monoisotopic (exact) mass is 336 g/mol. The van der Waals surface area contributed by atoms with Gasteiger partial charge in [-0.3, -0.25) is 9.59 Å². The number of pyridine rings is 1. The molecule has 6 heteroatoms. The number of hydrogen-bond donors (Lipinski definition) is 2. The lowest BCUT2D eigenvalue weighted by Crippen LogP contribution is -2.21. The highest BCUT2D eigenvalue weighted by atomic mass is 79.9. The molecule has 2 N–H and O–H groups in total. The Hall–Kier alpha value is -2.08. The molecule has 0 aliphatic carbocycles. The number of amides is 1. The molecule has 0 unspecified atom stereocenters. The molecule has 0 atom stereocenters. The van der Waals surface area contributed by atoms with Gasteiger partial charge < -0.3 is 15.0 Å². The summed E-state index contributed by atoms with van der Waals surface area (Å²) in [6, 6.07) is 6.35. The molecule has 0 aliphatic rings. The number of phenolic OH excluding ortho intramolecular Hbond substituents is 1. The Morgan fingerprint density at radius 1 is 1.30 bits per heavy atom. The van der Waals surface area contributed by atoms with Crippen LogP contribution in [0.5, 0.6) is 5.75 Å². The summed E-state index contributed by atoms with van der Waals surface area (Å²) in [5.74, 6) is -0.138. The Kier molecular flexibility index (Phi) is 4.24. The zero-order valence-electron chi connectivity index (χ0n) is 10.8. The van der Waals surface area contributed by atoms with Crippen LogP contribution in [0, 0.1) is 0 Å². The third-order valence-corrected chi connectivity index (χ3v) is 3.25. The summed E-state index contributed by atoms with van der Waals surface area (Å²) in [6.07, 6.45) is 3.32. The van der Waals surface area contributed by atoms with E-state index in [0.29, 0.717) is 4.47 Å². The van der Waals surface area contributed by atoms with Crippen molar-refractivity contribution in [3.63, 3.8) is 0 Å². The van der Waals surface area contributed by atoms with Crippen LogP contribution in [0.3, 0.4) is 0 Å². The molecule has 0 saturated carbocycles. The van der Waals surface area contributed by atoms with Crippen LogP contribution in [0.15, 0.2) is 45.9 Å². The fraction of sp³-hybridized carbons (Fsp3) is 0.143. The van der Waals surface area contributed by atoms with Crippen molar-refractivity contribution in [2.75, 3.05) is 5.32 Å². The van der Waals surface area contributed by atoms with E-state index in [0.717, 1.165) is 5.56 Å². The standard InChI is InChI=1S/C14H13BrN2O3/c1-17-7-11(15)14(20)12(8-17)16-13(19)6-9-2-4-10(18)5-3-9/h2-5,7-8,18H,6H2,1H3,(H,16,19). The first-order valence-electron chi connectivity index (χ1n) is 5.89. The molecule has 0 spiro atoms. The van der Waals surface area contributed by atoms with E-state index in [1.807, 2.05) is 0 Å². The van der Waals surface area contributed by atoms with Crippen LogP contribution in [-0.2, 0) is 18.3 Å². The zero-order chi connectivity index (χ0) is 14.7. The highest BCUT2D eigenvalue weighted by Gasteiger charge is 2.09. The summed E-state index contributed by atoms with van der Waals surface area (Å²) in [5.41, 5.74) is 0.722. The van der Waals surface area contributed by atoms with Crippen LogP contribution in [0.25, 0.3) is 0 Å². The number of aryl methyl sites for hydroxylation is 1. The van der Waals surface area contributed by atoms with Gasteiger partial charge in [0.05, 0.1) is 10.9 Å². The van der Waals surface area contributed by atoms with Gasteiger partial charge in [-0.2, -0.15) is 0 Å². The number of carbonyl (C=O) groups excluding carboxylic acids is 1. The van der Waals surface area contributed by atoms with Crippen LogP contribution in [0.4, 0.5) is 5.69 Å². The molecule has 20 heavy (non-hydrogen) atoms. The lowest BCUT2D eigenvalue weighted by atomic mass is 10.1. The largest absolute Gasteiger partial charge is 0.508 e. The maximum Gasteiger partial charge on any atom is 0.228 e. The molecule has 1 aromatic carbocycles. The average Bonchev–Trinajstić information content (AvgIpc) is 2.38. The molecule has 0 aliphatic heterocycles. The van der Waals surface area contributed by atoms with Crippen molar-refractivity contribution in [1.82, 2.24) is 4.57 Å². The van der Waals surface area contributed by atoms with Gasteiger partial charge in [0.15, 0.2) is 0 Å². The van der Waals surface area contributed by atoms with E-state index in [-0.39, 0.29) is 29.2 Å². The number of aromatic hydroxyl groups is 1. The van der Waals surface area contributed by atoms with Crippen molar-refractivity contribution >= 4 is 27.5 Å². The number of halogens is 1. The molecular weight excluding hydrogens is 324 g/mol. The van der Waals surface area contributed by atoms with Gasteiger partial charge in [-0.15, -0.1) is 0 Å². The van der Waals surface area contributed by atoms with Crippen LogP contribution < -0.4 is 10.7 Å². The smallest absolute Gasteiger partial charge is 0.228 e. The van der Waals surface area contributed by atoms with Crippen LogP contribution in [0.1, 0.15) is 5.56 Å². The van der Waals surface area contributed by atoms with E-state index < -0.39 is 0 Å². The first-order chi connectivity index (χ1) is 9.45. The Labute approximate surface area is 124 Å². The van der Waals surface area contributed by atoms with Crippen LogP contribution in [-0.4, -0.2) is 15.6 Å². The van der Waals surface area contributed by atoms with Gasteiger partial charge in [0, 0.05) is 19.4 Å². The lowest BCUT2D eigenvalue weighted by Gasteiger charge is -2.07. The Balaban J connectivity index is 2.12. The van der Waals surface area contributed by atoms with Crippen molar-refractivity contribution in [3.05, 3.63) is 56.9 Å². The second-order valence-corrected chi connectivity index (χ2v) is 5.26. The number of hydrogen-bond acceptors (Lipinski definition) is 3. The molecule has 5 nitrogen and oxygen atoms in total. The van der Waals surface area contributed by atoms with Crippen LogP contribution in [0.2, 0.25) is 0 Å². The maximum absolute atomic E-state index is 11.9. The van der Waals surface area contributed by atoms with E-state index in [4.69, 9.17) is 0 Å². The fourth-order valence-electron chi connectivity index (χ4n) is 1.75. The third kappa shape index (κ3) is 3.48. The number of phenols is 1. The van der Waals surface area contributed by atoms with Gasteiger partial charge in [-0.25, -0.2) is 0 Å².